The van der Waals surface area contributed by atoms with E-state index in [-0.39, 0.29) is 43.8 Å². The summed E-state index contributed by atoms with van der Waals surface area (Å²) in [5.41, 5.74) is 2.29. The molecule has 0 radical (unpaired) electrons. The normalized spacial score (nSPS) is 12.2. The molecule has 10 heteroatoms. The van der Waals surface area contributed by atoms with Crippen LogP contribution in [0.2, 0.25) is 5.02 Å². The molecule has 0 aliphatic rings. The van der Waals surface area contributed by atoms with E-state index in [9.17, 15) is 18.0 Å². The molecule has 3 aromatic rings. The Labute approximate surface area is 250 Å². The Morgan fingerprint density at radius 3 is 2.12 bits per heavy atom. The van der Waals surface area contributed by atoms with Crippen LogP contribution in [-0.2, 0) is 32.6 Å². The third-order valence-corrected chi connectivity index (χ3v) is 8.21. The van der Waals surface area contributed by atoms with Crippen LogP contribution in [0.25, 0.3) is 0 Å². The molecule has 0 fully saturated rings. The van der Waals surface area contributed by atoms with Gasteiger partial charge in [-0.05, 0) is 67.8 Å². The number of sulfonamides is 1. The van der Waals surface area contributed by atoms with E-state index in [2.05, 4.69) is 21.2 Å². The van der Waals surface area contributed by atoms with Gasteiger partial charge in [0.2, 0.25) is 21.8 Å². The fourth-order valence-corrected chi connectivity index (χ4v) is 5.69. The van der Waals surface area contributed by atoms with Crippen molar-refractivity contribution in [1.29, 1.82) is 0 Å². The van der Waals surface area contributed by atoms with Crippen LogP contribution in [0.15, 0.2) is 83.3 Å². The number of amides is 2. The Morgan fingerprint density at radius 1 is 0.925 bits per heavy atom. The van der Waals surface area contributed by atoms with Crippen LogP contribution >= 0.6 is 27.5 Å². The van der Waals surface area contributed by atoms with E-state index in [1.54, 1.807) is 29.2 Å². The second-order valence-corrected chi connectivity index (χ2v) is 13.2. The van der Waals surface area contributed by atoms with Gasteiger partial charge in [-0.25, -0.2) is 8.42 Å². The van der Waals surface area contributed by atoms with E-state index < -0.39 is 16.1 Å². The van der Waals surface area contributed by atoms with Gasteiger partial charge in [0.15, 0.2) is 0 Å². The lowest BCUT2D eigenvalue weighted by atomic mass is 10.0. The molecule has 0 unspecified atom stereocenters. The van der Waals surface area contributed by atoms with Crippen LogP contribution in [0.3, 0.4) is 0 Å². The van der Waals surface area contributed by atoms with Gasteiger partial charge in [0.25, 0.3) is 0 Å². The van der Waals surface area contributed by atoms with Crippen LogP contribution in [-0.4, -0.2) is 50.0 Å². The zero-order valence-electron chi connectivity index (χ0n) is 22.9. The molecular formula is C30H35BrClN3O4S. The summed E-state index contributed by atoms with van der Waals surface area (Å²) in [6.45, 7) is 4.12. The zero-order valence-corrected chi connectivity index (χ0v) is 26.0. The second-order valence-electron chi connectivity index (χ2n) is 9.93. The van der Waals surface area contributed by atoms with Crippen LogP contribution in [0, 0.1) is 0 Å². The molecule has 0 saturated heterocycles. The van der Waals surface area contributed by atoms with Crippen LogP contribution in [0.5, 0.6) is 0 Å². The van der Waals surface area contributed by atoms with Gasteiger partial charge in [-0.3, -0.25) is 13.9 Å². The summed E-state index contributed by atoms with van der Waals surface area (Å²) in [7, 11) is -3.59. The molecule has 1 N–H and O–H groups in total. The Kier molecular flexibility index (Phi) is 11.6. The SMILES string of the molecule is CC(C)NC(=O)[C@@H](Cc1ccccc1)N(Cc1ccc(Br)cc1)C(=O)CCCN(c1ccc(Cl)cc1)S(C)(=O)=O. The van der Waals surface area contributed by atoms with Crippen molar-refractivity contribution in [1.82, 2.24) is 10.2 Å². The Balaban J connectivity index is 1.87. The van der Waals surface area contributed by atoms with Gasteiger partial charge >= 0.3 is 0 Å². The lowest BCUT2D eigenvalue weighted by molar-refractivity contribution is -0.141. The third kappa shape index (κ3) is 9.64. The summed E-state index contributed by atoms with van der Waals surface area (Å²) >= 11 is 9.42. The molecule has 0 saturated carbocycles. The van der Waals surface area contributed by atoms with Crippen molar-refractivity contribution < 1.29 is 18.0 Å². The highest BCUT2D eigenvalue weighted by Gasteiger charge is 2.31. The fourth-order valence-electron chi connectivity index (χ4n) is 4.33. The highest BCUT2D eigenvalue weighted by molar-refractivity contribution is 9.10. The molecule has 1 atom stereocenters. The first-order valence-corrected chi connectivity index (χ1v) is 16.1. The van der Waals surface area contributed by atoms with E-state index >= 15 is 0 Å². The summed E-state index contributed by atoms with van der Waals surface area (Å²) in [4.78, 5) is 28.9. The average Bonchev–Trinajstić information content (AvgIpc) is 2.90. The van der Waals surface area contributed by atoms with Crippen LogP contribution in [0.1, 0.15) is 37.8 Å². The predicted octanol–water partition coefficient (Wildman–Crippen LogP) is 5.81. The molecular weight excluding hydrogens is 614 g/mol. The van der Waals surface area contributed by atoms with Gasteiger partial charge in [0.1, 0.15) is 6.04 Å². The number of benzene rings is 3. The number of hydrogen-bond acceptors (Lipinski definition) is 4. The smallest absolute Gasteiger partial charge is 0.243 e. The van der Waals surface area contributed by atoms with Crippen molar-refractivity contribution in [2.45, 2.75) is 51.7 Å². The minimum atomic E-state index is -3.59. The van der Waals surface area contributed by atoms with Crippen molar-refractivity contribution in [3.63, 3.8) is 0 Å². The van der Waals surface area contributed by atoms with E-state index in [0.717, 1.165) is 21.9 Å². The van der Waals surface area contributed by atoms with E-state index in [1.165, 1.54) is 4.31 Å². The lowest BCUT2D eigenvalue weighted by Crippen LogP contribution is -2.51. The lowest BCUT2D eigenvalue weighted by Gasteiger charge is -2.32. The van der Waals surface area contributed by atoms with Gasteiger partial charge in [-0.15, -0.1) is 0 Å². The molecule has 0 aliphatic heterocycles. The maximum Gasteiger partial charge on any atom is 0.243 e. The van der Waals surface area contributed by atoms with Crippen molar-refractivity contribution in [2.24, 2.45) is 0 Å². The number of halogens is 2. The minimum absolute atomic E-state index is 0.0659. The first-order chi connectivity index (χ1) is 18.9. The molecule has 2 amide bonds. The Bertz CT molecular complexity index is 1370. The minimum Gasteiger partial charge on any atom is -0.352 e. The molecule has 0 spiro atoms. The van der Waals surface area contributed by atoms with Gasteiger partial charge in [0.05, 0.1) is 11.9 Å². The zero-order chi connectivity index (χ0) is 29.3. The van der Waals surface area contributed by atoms with Gasteiger partial charge in [0, 0.05) is 41.5 Å². The summed E-state index contributed by atoms with van der Waals surface area (Å²) in [5.74, 6) is -0.462. The molecule has 0 aromatic heterocycles. The number of hydrogen-bond donors (Lipinski definition) is 1. The first-order valence-electron chi connectivity index (χ1n) is 13.1. The molecule has 0 bridgehead atoms. The standard InChI is InChI=1S/C30H35BrClN3O4S/c1-22(2)33-30(37)28(20-23-8-5-4-6-9-23)34(21-24-11-13-25(31)14-12-24)29(36)10-7-19-35(40(3,38)39)27-17-15-26(32)16-18-27/h4-6,8-9,11-18,22,28H,7,10,19-21H2,1-3H3,(H,33,37)/t28-/m1/s1. The van der Waals surface area contributed by atoms with Crippen molar-refractivity contribution >= 4 is 55.1 Å². The van der Waals surface area contributed by atoms with Crippen LogP contribution < -0.4 is 9.62 Å². The number of rotatable bonds is 13. The molecule has 0 heterocycles. The molecule has 40 heavy (non-hydrogen) atoms. The van der Waals surface area contributed by atoms with Crippen molar-refractivity contribution in [3.8, 4) is 0 Å². The van der Waals surface area contributed by atoms with Crippen molar-refractivity contribution in [3.05, 3.63) is 99.5 Å². The quantitative estimate of drug-likeness (QED) is 0.253. The third-order valence-electron chi connectivity index (χ3n) is 6.23. The molecule has 3 rings (SSSR count). The number of carbonyl (C=O) groups is 2. The van der Waals surface area contributed by atoms with Gasteiger partial charge in [-0.1, -0.05) is 70.0 Å². The number of nitrogens with zero attached hydrogens (tertiary/aromatic N) is 2. The number of nitrogens with one attached hydrogen (secondary N) is 1. The Hall–Kier alpha value is -2.88. The first kappa shape index (κ1) is 31.6. The van der Waals surface area contributed by atoms with Gasteiger partial charge < -0.3 is 10.2 Å². The van der Waals surface area contributed by atoms with Crippen LogP contribution in [0.4, 0.5) is 5.69 Å². The molecule has 0 aliphatic carbocycles. The fraction of sp³-hybridized carbons (Fsp3) is 0.333. The van der Waals surface area contributed by atoms with Gasteiger partial charge in [-0.2, -0.15) is 0 Å². The van der Waals surface area contributed by atoms with E-state index in [0.29, 0.717) is 17.1 Å². The average molecular weight is 649 g/mol. The topological polar surface area (TPSA) is 86.8 Å². The summed E-state index contributed by atoms with van der Waals surface area (Å²) in [5, 5.41) is 3.48. The summed E-state index contributed by atoms with van der Waals surface area (Å²) in [6.07, 6.45) is 1.82. The highest BCUT2D eigenvalue weighted by Crippen LogP contribution is 2.22. The number of anilines is 1. The van der Waals surface area contributed by atoms with Crippen molar-refractivity contribution in [2.75, 3.05) is 17.1 Å². The Morgan fingerprint density at radius 2 is 1.55 bits per heavy atom. The second kappa shape index (κ2) is 14.7. The largest absolute Gasteiger partial charge is 0.352 e. The maximum atomic E-state index is 13.8. The maximum absolute atomic E-state index is 13.8. The molecule has 3 aromatic carbocycles. The monoisotopic (exact) mass is 647 g/mol. The van der Waals surface area contributed by atoms with E-state index in [4.69, 9.17) is 11.6 Å². The van der Waals surface area contributed by atoms with E-state index in [1.807, 2.05) is 68.4 Å². The predicted molar refractivity (Wildman–Crippen MR) is 165 cm³/mol. The number of carbonyl (C=O) groups excluding carboxylic acids is 2. The summed E-state index contributed by atoms with van der Waals surface area (Å²) in [6, 6.07) is 22.9. The summed E-state index contributed by atoms with van der Waals surface area (Å²) < 4.78 is 27.3. The highest BCUT2D eigenvalue weighted by atomic mass is 79.9. The molecule has 214 valence electrons. The molecule has 7 nitrogen and oxygen atoms in total.